The van der Waals surface area contributed by atoms with E-state index in [0.29, 0.717) is 11.7 Å². The number of anilines is 1. The van der Waals surface area contributed by atoms with Gasteiger partial charge in [0.1, 0.15) is 18.3 Å². The highest BCUT2D eigenvalue weighted by Crippen LogP contribution is 2.18. The van der Waals surface area contributed by atoms with Crippen LogP contribution < -0.4 is 10.6 Å². The summed E-state index contributed by atoms with van der Waals surface area (Å²) in [6.45, 7) is 1.93. The Labute approximate surface area is 104 Å². The summed E-state index contributed by atoms with van der Waals surface area (Å²) in [4.78, 5) is 3.81. The molecule has 1 aromatic carbocycles. The lowest BCUT2D eigenvalue weighted by atomic mass is 10.2. The third kappa shape index (κ3) is 2.19. The first kappa shape index (κ1) is 11.2. The number of nitrogens with zero attached hydrogens (tertiary/aromatic N) is 3. The van der Waals surface area contributed by atoms with Gasteiger partial charge in [0, 0.05) is 18.3 Å². The van der Waals surface area contributed by atoms with Crippen molar-refractivity contribution in [1.82, 2.24) is 20.1 Å². The average molecular weight is 247 g/mol. The van der Waals surface area contributed by atoms with Gasteiger partial charge < -0.3 is 10.6 Å². The molecule has 1 saturated heterocycles. The Balaban J connectivity index is 1.80. The molecule has 2 heterocycles. The van der Waals surface area contributed by atoms with E-state index in [2.05, 4.69) is 20.7 Å². The maximum absolute atomic E-state index is 13.9. The Morgan fingerprint density at radius 1 is 1.44 bits per heavy atom. The molecule has 94 valence electrons. The second-order valence-electron chi connectivity index (χ2n) is 4.34. The number of aromatic nitrogens is 3. The van der Waals surface area contributed by atoms with Crippen molar-refractivity contribution < 1.29 is 4.39 Å². The van der Waals surface area contributed by atoms with Crippen LogP contribution in [-0.4, -0.2) is 33.9 Å². The summed E-state index contributed by atoms with van der Waals surface area (Å²) >= 11 is 0. The van der Waals surface area contributed by atoms with Crippen molar-refractivity contribution in [3.05, 3.63) is 36.7 Å². The molecule has 0 amide bonds. The first-order valence-corrected chi connectivity index (χ1v) is 5.95. The molecule has 0 spiro atoms. The van der Waals surface area contributed by atoms with Crippen LogP contribution in [0.15, 0.2) is 30.9 Å². The molecular weight excluding hydrogens is 233 g/mol. The van der Waals surface area contributed by atoms with E-state index < -0.39 is 0 Å². The van der Waals surface area contributed by atoms with E-state index in [1.807, 2.05) is 6.07 Å². The summed E-state index contributed by atoms with van der Waals surface area (Å²) in [5.41, 5.74) is 1.20. The molecule has 2 aromatic rings. The van der Waals surface area contributed by atoms with E-state index in [1.165, 1.54) is 23.4 Å². The van der Waals surface area contributed by atoms with Gasteiger partial charge in [-0.1, -0.05) is 0 Å². The molecule has 18 heavy (non-hydrogen) atoms. The van der Waals surface area contributed by atoms with Gasteiger partial charge in [0.05, 0.1) is 0 Å². The molecule has 1 atom stereocenters. The zero-order chi connectivity index (χ0) is 12.4. The zero-order valence-corrected chi connectivity index (χ0v) is 9.81. The van der Waals surface area contributed by atoms with Crippen molar-refractivity contribution in [3.63, 3.8) is 0 Å². The van der Waals surface area contributed by atoms with Crippen LogP contribution in [0.2, 0.25) is 0 Å². The van der Waals surface area contributed by atoms with Crippen LogP contribution in [-0.2, 0) is 0 Å². The molecule has 1 aromatic heterocycles. The number of hydrogen-bond donors (Lipinski definition) is 2. The number of halogens is 1. The van der Waals surface area contributed by atoms with Gasteiger partial charge >= 0.3 is 0 Å². The Kier molecular flexibility index (Phi) is 2.93. The molecular formula is C12H14FN5. The molecule has 6 heteroatoms. The lowest BCUT2D eigenvalue weighted by molar-refractivity contribution is 0.610. The number of benzene rings is 1. The van der Waals surface area contributed by atoms with Gasteiger partial charge in [-0.15, -0.1) is 0 Å². The maximum atomic E-state index is 13.9. The van der Waals surface area contributed by atoms with Crippen LogP contribution in [0.4, 0.5) is 10.1 Å². The smallest absolute Gasteiger partial charge is 0.150 e. The highest BCUT2D eigenvalue weighted by molar-refractivity contribution is 5.50. The zero-order valence-electron chi connectivity index (χ0n) is 9.81. The Bertz CT molecular complexity index is 519. The third-order valence-corrected chi connectivity index (χ3v) is 3.04. The van der Waals surface area contributed by atoms with Gasteiger partial charge in [-0.3, -0.25) is 0 Å². The van der Waals surface area contributed by atoms with Gasteiger partial charge in [0.25, 0.3) is 0 Å². The van der Waals surface area contributed by atoms with E-state index in [-0.39, 0.29) is 5.82 Å². The molecule has 2 N–H and O–H groups in total. The fourth-order valence-electron chi connectivity index (χ4n) is 2.13. The quantitative estimate of drug-likeness (QED) is 0.855. The molecule has 3 rings (SSSR count). The first-order valence-electron chi connectivity index (χ1n) is 5.95. The summed E-state index contributed by atoms with van der Waals surface area (Å²) < 4.78 is 15.4. The van der Waals surface area contributed by atoms with E-state index >= 15 is 0 Å². The minimum atomic E-state index is -0.309. The van der Waals surface area contributed by atoms with Gasteiger partial charge in [0.2, 0.25) is 0 Å². The van der Waals surface area contributed by atoms with E-state index in [1.54, 1.807) is 6.07 Å². The minimum absolute atomic E-state index is 0.309. The largest absolute Gasteiger partial charge is 0.381 e. The van der Waals surface area contributed by atoms with Crippen molar-refractivity contribution >= 4 is 5.69 Å². The number of rotatable bonds is 3. The second-order valence-corrected chi connectivity index (χ2v) is 4.34. The molecule has 1 unspecified atom stereocenters. The summed E-state index contributed by atoms with van der Waals surface area (Å²) in [5.74, 6) is -0.309. The first-order chi connectivity index (χ1) is 8.83. The van der Waals surface area contributed by atoms with Crippen molar-refractivity contribution in [3.8, 4) is 5.69 Å². The average Bonchev–Trinajstić information content (AvgIpc) is 3.01. The highest BCUT2D eigenvalue weighted by atomic mass is 19.1. The van der Waals surface area contributed by atoms with Crippen LogP contribution in [0, 0.1) is 5.82 Å². The van der Waals surface area contributed by atoms with E-state index in [9.17, 15) is 4.39 Å². The van der Waals surface area contributed by atoms with Crippen LogP contribution in [0.5, 0.6) is 0 Å². The summed E-state index contributed by atoms with van der Waals surface area (Å²) in [6, 6.07) is 5.43. The van der Waals surface area contributed by atoms with Crippen molar-refractivity contribution in [2.75, 3.05) is 18.4 Å². The van der Waals surface area contributed by atoms with Crippen LogP contribution in [0.25, 0.3) is 5.69 Å². The monoisotopic (exact) mass is 247 g/mol. The third-order valence-electron chi connectivity index (χ3n) is 3.04. The van der Waals surface area contributed by atoms with Crippen molar-refractivity contribution in [2.24, 2.45) is 0 Å². The molecule has 0 bridgehead atoms. The molecule has 0 saturated carbocycles. The van der Waals surface area contributed by atoms with E-state index in [4.69, 9.17) is 0 Å². The standard InChI is InChI=1S/C12H14FN5/c13-11-5-9(17-10-3-4-14-6-10)1-2-12(11)18-8-15-7-16-18/h1-2,5,7-8,10,14,17H,3-4,6H2. The van der Waals surface area contributed by atoms with Crippen molar-refractivity contribution in [1.29, 1.82) is 0 Å². The number of hydrogen-bond acceptors (Lipinski definition) is 4. The van der Waals surface area contributed by atoms with Gasteiger partial charge in [-0.2, -0.15) is 5.10 Å². The lowest BCUT2D eigenvalue weighted by Crippen LogP contribution is -2.22. The van der Waals surface area contributed by atoms with Crippen LogP contribution in [0.1, 0.15) is 6.42 Å². The lowest BCUT2D eigenvalue weighted by Gasteiger charge is -2.13. The van der Waals surface area contributed by atoms with E-state index in [0.717, 1.165) is 25.2 Å². The fraction of sp³-hybridized carbons (Fsp3) is 0.333. The summed E-state index contributed by atoms with van der Waals surface area (Å²) in [7, 11) is 0. The molecule has 0 aliphatic carbocycles. The van der Waals surface area contributed by atoms with Gasteiger partial charge in [-0.25, -0.2) is 14.1 Å². The second kappa shape index (κ2) is 4.73. The Morgan fingerprint density at radius 2 is 2.39 bits per heavy atom. The number of nitrogens with one attached hydrogen (secondary N) is 2. The normalized spacial score (nSPS) is 19.1. The Morgan fingerprint density at radius 3 is 3.06 bits per heavy atom. The summed E-state index contributed by atoms with van der Waals surface area (Å²) in [5, 5.41) is 10.5. The predicted molar refractivity (Wildman–Crippen MR) is 66.2 cm³/mol. The predicted octanol–water partition coefficient (Wildman–Crippen LogP) is 1.18. The SMILES string of the molecule is Fc1cc(NC2CCNC2)ccc1-n1cncn1. The van der Waals surface area contributed by atoms with Crippen LogP contribution >= 0.6 is 0 Å². The fourth-order valence-corrected chi connectivity index (χ4v) is 2.13. The topological polar surface area (TPSA) is 54.8 Å². The summed E-state index contributed by atoms with van der Waals surface area (Å²) in [6.07, 6.45) is 3.93. The van der Waals surface area contributed by atoms with Crippen LogP contribution in [0.3, 0.4) is 0 Å². The highest BCUT2D eigenvalue weighted by Gasteiger charge is 2.14. The van der Waals surface area contributed by atoms with Gasteiger partial charge in [-0.05, 0) is 31.2 Å². The van der Waals surface area contributed by atoms with Crippen molar-refractivity contribution in [2.45, 2.75) is 12.5 Å². The molecule has 0 radical (unpaired) electrons. The molecule has 1 aliphatic rings. The molecule has 1 aliphatic heterocycles. The van der Waals surface area contributed by atoms with Gasteiger partial charge in [0.15, 0.2) is 5.82 Å². The maximum Gasteiger partial charge on any atom is 0.150 e. The molecule has 1 fully saturated rings. The minimum Gasteiger partial charge on any atom is -0.381 e. The Hall–Kier alpha value is -1.95. The molecule has 5 nitrogen and oxygen atoms in total.